The number of piperidine rings is 1. The van der Waals surface area contributed by atoms with Crippen molar-refractivity contribution in [3.63, 3.8) is 0 Å². The molecule has 8 heteroatoms. The van der Waals surface area contributed by atoms with Crippen LogP contribution in [-0.2, 0) is 14.2 Å². The molecule has 2 heterocycles. The van der Waals surface area contributed by atoms with Gasteiger partial charge in [-0.25, -0.2) is 14.4 Å². The van der Waals surface area contributed by atoms with Crippen LogP contribution < -0.4 is 0 Å². The molecule has 33 heavy (non-hydrogen) atoms. The number of fused-ring (bicyclic) bond motifs is 3. The molecule has 1 saturated carbocycles. The number of carbonyl (C=O) groups is 3. The van der Waals surface area contributed by atoms with E-state index in [9.17, 15) is 14.4 Å². The number of amides is 1. The van der Waals surface area contributed by atoms with Gasteiger partial charge in [0.25, 0.3) is 0 Å². The van der Waals surface area contributed by atoms with Crippen molar-refractivity contribution in [2.75, 3.05) is 13.2 Å². The van der Waals surface area contributed by atoms with Crippen LogP contribution in [0.2, 0.25) is 0 Å². The van der Waals surface area contributed by atoms with Crippen LogP contribution in [0.4, 0.5) is 4.79 Å². The first-order chi connectivity index (χ1) is 16.0. The van der Waals surface area contributed by atoms with Crippen LogP contribution in [0.15, 0.2) is 60.7 Å². The summed E-state index contributed by atoms with van der Waals surface area (Å²) in [5, 5.41) is 0. The summed E-state index contributed by atoms with van der Waals surface area (Å²) in [4.78, 5) is 38.6. The lowest BCUT2D eigenvalue weighted by Crippen LogP contribution is -2.65. The maximum atomic E-state index is 13.0. The van der Waals surface area contributed by atoms with Crippen LogP contribution in [0.1, 0.15) is 40.0 Å². The van der Waals surface area contributed by atoms with Gasteiger partial charge in [-0.3, -0.25) is 0 Å². The minimum Gasteiger partial charge on any atom is -0.455 e. The highest BCUT2D eigenvalue weighted by Crippen LogP contribution is 2.51. The molecule has 3 fully saturated rings. The number of hydrogen-bond donors (Lipinski definition) is 0. The third-order valence-corrected chi connectivity index (χ3v) is 7.60. The molecule has 7 nitrogen and oxygen atoms in total. The van der Waals surface area contributed by atoms with E-state index in [0.717, 1.165) is 0 Å². The van der Waals surface area contributed by atoms with Gasteiger partial charge in [0, 0.05) is 12.5 Å². The van der Waals surface area contributed by atoms with Gasteiger partial charge in [-0.2, -0.15) is 0 Å². The predicted octanol–water partition coefficient (Wildman–Crippen LogP) is 4.05. The molecule has 1 amide bonds. The second kappa shape index (κ2) is 8.71. The fourth-order valence-electron chi connectivity index (χ4n) is 5.27. The molecule has 0 N–H and O–H groups in total. The largest absolute Gasteiger partial charge is 0.455 e. The van der Waals surface area contributed by atoms with Crippen molar-refractivity contribution in [1.29, 1.82) is 0 Å². The second-order valence-corrected chi connectivity index (χ2v) is 9.40. The Balaban J connectivity index is 1.44. The minimum atomic E-state index is -0.987. The summed E-state index contributed by atoms with van der Waals surface area (Å²) in [7, 11) is 0. The average molecular weight is 470 g/mol. The molecule has 0 aromatic heterocycles. The number of alkyl halides is 1. The molecule has 0 spiro atoms. The Kier molecular flexibility index (Phi) is 5.74. The molecule has 172 valence electrons. The van der Waals surface area contributed by atoms with Crippen LogP contribution in [0.5, 0.6) is 0 Å². The summed E-state index contributed by atoms with van der Waals surface area (Å²) >= 11 is 7.25. The minimum absolute atomic E-state index is 0.153. The highest BCUT2D eigenvalue weighted by molar-refractivity contribution is 6.25. The molecule has 2 aromatic carbocycles. The topological polar surface area (TPSA) is 82.1 Å². The van der Waals surface area contributed by atoms with Crippen molar-refractivity contribution in [3.05, 3.63) is 71.8 Å². The fourth-order valence-corrected chi connectivity index (χ4v) is 5.80. The number of hydrogen-bond acceptors (Lipinski definition) is 6. The number of benzene rings is 2. The van der Waals surface area contributed by atoms with E-state index in [2.05, 4.69) is 0 Å². The van der Waals surface area contributed by atoms with E-state index in [1.165, 1.54) is 0 Å². The Morgan fingerprint density at radius 1 is 0.939 bits per heavy atom. The Bertz CT molecular complexity index is 1050. The molecule has 5 rings (SSSR count). The van der Waals surface area contributed by atoms with Crippen LogP contribution in [0.3, 0.4) is 0 Å². The van der Waals surface area contributed by atoms with E-state index in [1.54, 1.807) is 53.4 Å². The molecule has 0 radical (unpaired) electrons. The second-order valence-electron chi connectivity index (χ2n) is 8.70. The van der Waals surface area contributed by atoms with E-state index in [4.69, 9.17) is 25.8 Å². The lowest BCUT2D eigenvalue weighted by molar-refractivity contribution is -0.0982. The molecule has 2 aromatic rings. The Hall–Kier alpha value is -3.06. The number of carbonyl (C=O) groups excluding carboxylic acids is 3. The number of rotatable bonds is 4. The van der Waals surface area contributed by atoms with Gasteiger partial charge in [0.05, 0.1) is 22.0 Å². The third kappa shape index (κ3) is 3.95. The molecule has 5 atom stereocenters. The van der Waals surface area contributed by atoms with Crippen molar-refractivity contribution in [2.45, 2.75) is 42.4 Å². The summed E-state index contributed by atoms with van der Waals surface area (Å²) in [6.07, 6.45) is -0.429. The third-order valence-electron chi connectivity index (χ3n) is 6.91. The Morgan fingerprint density at radius 3 is 2.18 bits per heavy atom. The van der Waals surface area contributed by atoms with Crippen LogP contribution in [-0.4, -0.2) is 59.2 Å². The fraction of sp³-hybridized carbons (Fsp3) is 0.400. The SMILES string of the molecule is O=C(O[C@H]1CC[C@@H]2[C@H]3COC(=O)N3CC[C@]2(Cl)[C@H]1OC(=O)c1ccccc1)c1ccccc1. The summed E-state index contributed by atoms with van der Waals surface area (Å²) in [6, 6.07) is 17.2. The lowest BCUT2D eigenvalue weighted by atomic mass is 9.68. The monoisotopic (exact) mass is 469 g/mol. The van der Waals surface area contributed by atoms with Crippen molar-refractivity contribution in [3.8, 4) is 0 Å². The maximum absolute atomic E-state index is 13.0. The van der Waals surface area contributed by atoms with Gasteiger partial charge in [0.2, 0.25) is 0 Å². The number of nitrogens with zero attached hydrogens (tertiary/aromatic N) is 1. The van der Waals surface area contributed by atoms with E-state index >= 15 is 0 Å². The average Bonchev–Trinajstić information content (AvgIpc) is 3.22. The highest BCUT2D eigenvalue weighted by Gasteiger charge is 2.61. The first kappa shape index (κ1) is 21.8. The molecule has 2 saturated heterocycles. The summed E-state index contributed by atoms with van der Waals surface area (Å²) in [6.45, 7) is 0.647. The van der Waals surface area contributed by atoms with Crippen molar-refractivity contribution >= 4 is 29.6 Å². The van der Waals surface area contributed by atoms with Gasteiger partial charge < -0.3 is 19.1 Å². The van der Waals surface area contributed by atoms with Crippen molar-refractivity contribution in [2.24, 2.45) is 5.92 Å². The van der Waals surface area contributed by atoms with Crippen LogP contribution in [0.25, 0.3) is 0 Å². The first-order valence-corrected chi connectivity index (χ1v) is 11.5. The normalized spacial score (nSPS) is 30.6. The smallest absolute Gasteiger partial charge is 0.410 e. The molecule has 3 aliphatic rings. The first-order valence-electron chi connectivity index (χ1n) is 11.1. The highest BCUT2D eigenvalue weighted by atomic mass is 35.5. The summed E-state index contributed by atoms with van der Waals surface area (Å²) < 4.78 is 17.1. The summed E-state index contributed by atoms with van der Waals surface area (Å²) in [5.41, 5.74) is 0.811. The van der Waals surface area contributed by atoms with Gasteiger partial charge in [0.1, 0.15) is 12.7 Å². The quantitative estimate of drug-likeness (QED) is 0.381. The van der Waals surface area contributed by atoms with E-state index < -0.39 is 29.0 Å². The predicted molar refractivity (Wildman–Crippen MR) is 119 cm³/mol. The lowest BCUT2D eigenvalue weighted by Gasteiger charge is -2.53. The maximum Gasteiger partial charge on any atom is 0.410 e. The van der Waals surface area contributed by atoms with Crippen LogP contribution in [0, 0.1) is 5.92 Å². The zero-order valence-electron chi connectivity index (χ0n) is 17.9. The molecule has 0 unspecified atom stereocenters. The van der Waals surface area contributed by atoms with Crippen LogP contribution >= 0.6 is 11.6 Å². The Morgan fingerprint density at radius 2 is 1.55 bits per heavy atom. The van der Waals surface area contributed by atoms with Crippen molar-refractivity contribution < 1.29 is 28.6 Å². The zero-order chi connectivity index (χ0) is 23.0. The van der Waals surface area contributed by atoms with Gasteiger partial charge in [-0.15, -0.1) is 11.6 Å². The molecule has 0 bridgehead atoms. The molecule has 1 aliphatic carbocycles. The molecule has 2 aliphatic heterocycles. The standard InChI is InChI=1S/C25H24ClNO6/c26-25-13-14-27-19(15-31-24(27)30)18(25)11-12-20(32-22(28)16-7-3-1-4-8-16)21(25)33-23(29)17-9-5-2-6-10-17/h1-10,18-21H,11-15H2/t18-,19-,20+,21+,25-/m1/s1. The summed E-state index contributed by atoms with van der Waals surface area (Å²) in [5.74, 6) is -1.17. The van der Waals surface area contributed by atoms with Gasteiger partial charge in [0.15, 0.2) is 6.10 Å². The van der Waals surface area contributed by atoms with E-state index in [1.807, 2.05) is 12.1 Å². The van der Waals surface area contributed by atoms with E-state index in [-0.39, 0.29) is 24.7 Å². The van der Waals surface area contributed by atoms with Gasteiger partial charge >= 0.3 is 18.0 Å². The number of cyclic esters (lactones) is 1. The van der Waals surface area contributed by atoms with Gasteiger partial charge in [-0.1, -0.05) is 36.4 Å². The van der Waals surface area contributed by atoms with Crippen molar-refractivity contribution in [1.82, 2.24) is 4.90 Å². The zero-order valence-corrected chi connectivity index (χ0v) is 18.6. The number of esters is 2. The number of ether oxygens (including phenoxy) is 3. The van der Waals surface area contributed by atoms with Gasteiger partial charge in [-0.05, 0) is 43.5 Å². The Labute approximate surface area is 196 Å². The number of halogens is 1. The molecular formula is C25H24ClNO6. The molecular weight excluding hydrogens is 446 g/mol. The van der Waals surface area contributed by atoms with E-state index in [0.29, 0.717) is 36.9 Å².